The number of nitrogens with zero attached hydrogens (tertiary/aromatic N) is 1. The maximum absolute atomic E-state index is 6.12. The second kappa shape index (κ2) is 7.24. The highest BCUT2D eigenvalue weighted by Gasteiger charge is 2.18. The lowest BCUT2D eigenvalue weighted by Crippen LogP contribution is -2.41. The number of hydrogen-bond acceptors (Lipinski definition) is 2. The van der Waals surface area contributed by atoms with Crippen molar-refractivity contribution in [3.05, 3.63) is 0 Å². The molecule has 0 aromatic rings. The van der Waals surface area contributed by atoms with Crippen molar-refractivity contribution in [3.63, 3.8) is 0 Å². The molecule has 1 atom stereocenters. The summed E-state index contributed by atoms with van der Waals surface area (Å²) in [6.07, 6.45) is 7.88. The van der Waals surface area contributed by atoms with E-state index in [1.54, 1.807) is 0 Å². The molecule has 0 bridgehead atoms. The molecule has 1 rings (SSSR count). The number of unbranched alkanes of at least 4 members (excludes halogenated alkanes) is 1. The van der Waals surface area contributed by atoms with Crippen LogP contribution in [0.25, 0.3) is 0 Å². The molecule has 90 valence electrons. The molecule has 1 saturated heterocycles. The highest BCUT2D eigenvalue weighted by Crippen LogP contribution is 2.20. The van der Waals surface area contributed by atoms with Crippen molar-refractivity contribution in [2.45, 2.75) is 58.4 Å². The first-order chi connectivity index (χ1) is 7.26. The van der Waals surface area contributed by atoms with Gasteiger partial charge in [0.25, 0.3) is 0 Å². The van der Waals surface area contributed by atoms with Crippen LogP contribution in [0.3, 0.4) is 0 Å². The van der Waals surface area contributed by atoms with E-state index in [-0.39, 0.29) is 0 Å². The van der Waals surface area contributed by atoms with Gasteiger partial charge >= 0.3 is 0 Å². The van der Waals surface area contributed by atoms with E-state index in [9.17, 15) is 0 Å². The maximum atomic E-state index is 6.12. The zero-order chi connectivity index (χ0) is 11.1. The van der Waals surface area contributed by atoms with Crippen LogP contribution in [0.1, 0.15) is 52.4 Å². The minimum absolute atomic E-state index is 0.406. The Labute approximate surface area is 95.2 Å². The van der Waals surface area contributed by atoms with E-state index in [1.807, 2.05) is 0 Å². The topological polar surface area (TPSA) is 29.3 Å². The molecule has 0 amide bonds. The van der Waals surface area contributed by atoms with Crippen LogP contribution in [0.4, 0.5) is 0 Å². The van der Waals surface area contributed by atoms with Gasteiger partial charge in [0.05, 0.1) is 0 Å². The molecule has 2 N–H and O–H groups in total. The Hall–Kier alpha value is -0.0800. The van der Waals surface area contributed by atoms with E-state index < -0.39 is 0 Å². The van der Waals surface area contributed by atoms with Gasteiger partial charge in [0, 0.05) is 12.6 Å². The number of rotatable bonds is 6. The third kappa shape index (κ3) is 4.98. The largest absolute Gasteiger partial charge is 0.327 e. The van der Waals surface area contributed by atoms with Gasteiger partial charge in [-0.3, -0.25) is 0 Å². The Morgan fingerprint density at radius 2 is 1.93 bits per heavy atom. The van der Waals surface area contributed by atoms with Crippen LogP contribution in [-0.2, 0) is 0 Å². The molecular formula is C13H28N2. The smallest absolute Gasteiger partial charge is 0.0167 e. The Bertz CT molecular complexity index is 151. The van der Waals surface area contributed by atoms with Gasteiger partial charge < -0.3 is 10.6 Å². The van der Waals surface area contributed by atoms with E-state index in [2.05, 4.69) is 18.7 Å². The lowest BCUT2D eigenvalue weighted by Gasteiger charge is -2.33. The molecule has 0 spiro atoms. The number of piperidine rings is 1. The summed E-state index contributed by atoms with van der Waals surface area (Å²) in [7, 11) is 0. The molecule has 0 aromatic heterocycles. The number of hydrogen-bond donors (Lipinski definition) is 1. The monoisotopic (exact) mass is 212 g/mol. The fourth-order valence-corrected chi connectivity index (χ4v) is 2.47. The first-order valence-electron chi connectivity index (χ1n) is 6.74. The standard InChI is InChI=1S/C13H28N2/c1-3-5-6-13(14)11-15-9-7-12(4-2)8-10-15/h12-13H,3-11,14H2,1-2H3. The highest BCUT2D eigenvalue weighted by molar-refractivity contribution is 4.75. The fraction of sp³-hybridized carbons (Fsp3) is 1.00. The molecule has 15 heavy (non-hydrogen) atoms. The summed E-state index contributed by atoms with van der Waals surface area (Å²) in [6, 6.07) is 0.406. The lowest BCUT2D eigenvalue weighted by atomic mass is 9.94. The molecule has 1 aliphatic rings. The molecule has 0 aliphatic carbocycles. The van der Waals surface area contributed by atoms with Crippen molar-refractivity contribution < 1.29 is 0 Å². The van der Waals surface area contributed by atoms with E-state index in [4.69, 9.17) is 5.73 Å². The van der Waals surface area contributed by atoms with Gasteiger partial charge in [-0.05, 0) is 38.3 Å². The zero-order valence-corrected chi connectivity index (χ0v) is 10.5. The van der Waals surface area contributed by atoms with E-state index in [0.717, 1.165) is 12.5 Å². The second-order valence-electron chi connectivity index (χ2n) is 5.05. The summed E-state index contributed by atoms with van der Waals surface area (Å²) in [5, 5.41) is 0. The van der Waals surface area contributed by atoms with Gasteiger partial charge in [-0.15, -0.1) is 0 Å². The quantitative estimate of drug-likeness (QED) is 0.733. The highest BCUT2D eigenvalue weighted by atomic mass is 15.1. The minimum Gasteiger partial charge on any atom is -0.327 e. The predicted molar refractivity (Wildman–Crippen MR) is 67.0 cm³/mol. The predicted octanol–water partition coefficient (Wildman–Crippen LogP) is 2.63. The van der Waals surface area contributed by atoms with Crippen LogP contribution >= 0.6 is 0 Å². The van der Waals surface area contributed by atoms with Gasteiger partial charge in [-0.1, -0.05) is 33.1 Å². The molecule has 2 heteroatoms. The molecule has 1 fully saturated rings. The summed E-state index contributed by atoms with van der Waals surface area (Å²) < 4.78 is 0. The summed E-state index contributed by atoms with van der Waals surface area (Å²) in [5.74, 6) is 0.980. The second-order valence-corrected chi connectivity index (χ2v) is 5.05. The average molecular weight is 212 g/mol. The van der Waals surface area contributed by atoms with Crippen molar-refractivity contribution in [2.75, 3.05) is 19.6 Å². The third-order valence-electron chi connectivity index (χ3n) is 3.71. The molecule has 1 heterocycles. The number of nitrogens with two attached hydrogens (primary N) is 1. The van der Waals surface area contributed by atoms with Crippen LogP contribution in [0.5, 0.6) is 0 Å². The molecular weight excluding hydrogens is 184 g/mol. The van der Waals surface area contributed by atoms with Crippen molar-refractivity contribution in [1.82, 2.24) is 4.90 Å². The lowest BCUT2D eigenvalue weighted by molar-refractivity contribution is 0.171. The summed E-state index contributed by atoms with van der Waals surface area (Å²) in [5.41, 5.74) is 6.12. The SMILES string of the molecule is CCCCC(N)CN1CCC(CC)CC1. The summed E-state index contributed by atoms with van der Waals surface area (Å²) in [4.78, 5) is 2.56. The molecule has 1 aliphatic heterocycles. The van der Waals surface area contributed by atoms with Crippen LogP contribution < -0.4 is 5.73 Å². The van der Waals surface area contributed by atoms with Crippen molar-refractivity contribution in [1.29, 1.82) is 0 Å². The maximum Gasteiger partial charge on any atom is 0.0167 e. The van der Waals surface area contributed by atoms with Gasteiger partial charge in [0.1, 0.15) is 0 Å². The van der Waals surface area contributed by atoms with Crippen LogP contribution in [0, 0.1) is 5.92 Å². The molecule has 0 radical (unpaired) electrons. The average Bonchev–Trinajstić information content (AvgIpc) is 2.27. The Kier molecular flexibility index (Phi) is 6.26. The van der Waals surface area contributed by atoms with E-state index in [1.165, 1.54) is 51.6 Å². The first-order valence-corrected chi connectivity index (χ1v) is 6.74. The Balaban J connectivity index is 2.12. The van der Waals surface area contributed by atoms with Crippen molar-refractivity contribution in [3.8, 4) is 0 Å². The normalized spacial score (nSPS) is 21.8. The van der Waals surface area contributed by atoms with Gasteiger partial charge in [-0.25, -0.2) is 0 Å². The third-order valence-corrected chi connectivity index (χ3v) is 3.71. The van der Waals surface area contributed by atoms with E-state index in [0.29, 0.717) is 6.04 Å². The van der Waals surface area contributed by atoms with Crippen molar-refractivity contribution in [2.24, 2.45) is 11.7 Å². The molecule has 2 nitrogen and oxygen atoms in total. The Morgan fingerprint density at radius 1 is 1.27 bits per heavy atom. The minimum atomic E-state index is 0.406. The molecule has 1 unspecified atom stereocenters. The van der Waals surface area contributed by atoms with Crippen LogP contribution in [-0.4, -0.2) is 30.6 Å². The fourth-order valence-electron chi connectivity index (χ4n) is 2.47. The van der Waals surface area contributed by atoms with Crippen molar-refractivity contribution >= 4 is 0 Å². The summed E-state index contributed by atoms with van der Waals surface area (Å²) in [6.45, 7) is 8.22. The molecule has 0 saturated carbocycles. The van der Waals surface area contributed by atoms with Gasteiger partial charge in [-0.2, -0.15) is 0 Å². The summed E-state index contributed by atoms with van der Waals surface area (Å²) >= 11 is 0. The zero-order valence-electron chi connectivity index (χ0n) is 10.5. The molecule has 0 aromatic carbocycles. The Morgan fingerprint density at radius 3 is 2.47 bits per heavy atom. The van der Waals surface area contributed by atoms with Crippen LogP contribution in [0.15, 0.2) is 0 Å². The van der Waals surface area contributed by atoms with Gasteiger partial charge in [0.15, 0.2) is 0 Å². The number of likely N-dealkylation sites (tertiary alicyclic amines) is 1. The first kappa shape index (κ1) is 13.0. The van der Waals surface area contributed by atoms with Gasteiger partial charge in [0.2, 0.25) is 0 Å². The van der Waals surface area contributed by atoms with E-state index >= 15 is 0 Å². The van der Waals surface area contributed by atoms with Crippen LogP contribution in [0.2, 0.25) is 0 Å².